The summed E-state index contributed by atoms with van der Waals surface area (Å²) in [6.45, 7) is 0. The van der Waals surface area contributed by atoms with E-state index in [-0.39, 0.29) is 24.0 Å². The molecule has 4 amide bonds. The first-order chi connectivity index (χ1) is 9.90. The van der Waals surface area contributed by atoms with Gasteiger partial charge in [-0.15, -0.1) is 0 Å². The van der Waals surface area contributed by atoms with Crippen LogP contribution in [0.5, 0.6) is 0 Å². The largest absolute Gasteiger partial charge is 0.295 e. The van der Waals surface area contributed by atoms with E-state index in [1.165, 1.54) is 0 Å². The molecule has 0 radical (unpaired) electrons. The Bertz CT molecular complexity index is 675. The number of hydrogen-bond donors (Lipinski definition) is 1. The molecule has 0 spiro atoms. The molecule has 0 unspecified atom stereocenters. The molecule has 108 valence electrons. The van der Waals surface area contributed by atoms with Crippen LogP contribution in [-0.4, -0.2) is 34.6 Å². The predicted molar refractivity (Wildman–Crippen MR) is 63.0 cm³/mol. The first kappa shape index (κ1) is 13.3. The number of amides is 4. The van der Waals surface area contributed by atoms with E-state index in [1.807, 2.05) is 5.32 Å². The van der Waals surface area contributed by atoms with Crippen molar-refractivity contribution in [2.45, 2.75) is 18.9 Å². The number of hydrogen-bond acceptors (Lipinski definition) is 4. The minimum atomic E-state index is -1.25. The average molecular weight is 294 g/mol. The van der Waals surface area contributed by atoms with E-state index < -0.39 is 41.3 Å². The summed E-state index contributed by atoms with van der Waals surface area (Å²) in [7, 11) is 0. The van der Waals surface area contributed by atoms with E-state index >= 15 is 0 Å². The topological polar surface area (TPSA) is 83.6 Å². The minimum absolute atomic E-state index is 0.0128. The van der Waals surface area contributed by atoms with Gasteiger partial charge in [-0.3, -0.25) is 29.4 Å². The van der Waals surface area contributed by atoms with Crippen molar-refractivity contribution in [3.05, 3.63) is 34.9 Å². The van der Waals surface area contributed by atoms with Gasteiger partial charge in [-0.2, -0.15) is 0 Å². The average Bonchev–Trinajstić information content (AvgIpc) is 2.64. The Morgan fingerprint density at radius 3 is 2.00 bits per heavy atom. The standard InChI is InChI=1S/C13H8F2N2O4/c14-7-3-5-6(4-8(7)15)13(21)17(12(5)20)9-1-2-10(18)16-11(9)19/h3-4,9H,1-2H2,(H,16,18,19)/t9-/m0/s1. The van der Waals surface area contributed by atoms with Crippen molar-refractivity contribution in [2.75, 3.05) is 0 Å². The van der Waals surface area contributed by atoms with Gasteiger partial charge >= 0.3 is 0 Å². The fraction of sp³-hybridized carbons (Fsp3) is 0.231. The summed E-state index contributed by atoms with van der Waals surface area (Å²) in [4.78, 5) is 47.8. The molecule has 1 atom stereocenters. The van der Waals surface area contributed by atoms with Crippen molar-refractivity contribution in [3.8, 4) is 0 Å². The van der Waals surface area contributed by atoms with Crippen LogP contribution < -0.4 is 5.32 Å². The van der Waals surface area contributed by atoms with Gasteiger partial charge in [0, 0.05) is 6.42 Å². The third kappa shape index (κ3) is 1.91. The Kier molecular flexibility index (Phi) is 2.82. The zero-order valence-electron chi connectivity index (χ0n) is 10.5. The molecule has 1 aromatic rings. The number of carbonyl (C=O) groups is 4. The molecular formula is C13H8F2N2O4. The zero-order valence-corrected chi connectivity index (χ0v) is 10.5. The smallest absolute Gasteiger partial charge is 0.262 e. The third-order valence-electron chi connectivity index (χ3n) is 3.48. The second-order valence-electron chi connectivity index (χ2n) is 4.76. The number of rotatable bonds is 1. The van der Waals surface area contributed by atoms with Crippen LogP contribution in [0.4, 0.5) is 8.78 Å². The fourth-order valence-corrected chi connectivity index (χ4v) is 2.46. The van der Waals surface area contributed by atoms with Crippen molar-refractivity contribution in [1.82, 2.24) is 10.2 Å². The van der Waals surface area contributed by atoms with Crippen LogP contribution in [0.25, 0.3) is 0 Å². The van der Waals surface area contributed by atoms with Crippen molar-refractivity contribution < 1.29 is 28.0 Å². The Balaban J connectivity index is 2.00. The van der Waals surface area contributed by atoms with E-state index in [0.29, 0.717) is 17.0 Å². The number of fused-ring (bicyclic) bond motifs is 1. The molecule has 0 saturated carbocycles. The molecule has 8 heteroatoms. The van der Waals surface area contributed by atoms with Gasteiger partial charge in [0.2, 0.25) is 11.8 Å². The molecule has 0 bridgehead atoms. The Hall–Kier alpha value is -2.64. The van der Waals surface area contributed by atoms with Gasteiger partial charge in [-0.05, 0) is 18.6 Å². The molecule has 2 heterocycles. The van der Waals surface area contributed by atoms with E-state index in [2.05, 4.69) is 0 Å². The second-order valence-corrected chi connectivity index (χ2v) is 4.76. The number of carbonyl (C=O) groups excluding carboxylic acids is 4. The zero-order chi connectivity index (χ0) is 15.3. The molecule has 1 saturated heterocycles. The van der Waals surface area contributed by atoms with E-state index in [1.54, 1.807) is 0 Å². The summed E-state index contributed by atoms with van der Waals surface area (Å²) in [5.41, 5.74) is -0.577. The highest BCUT2D eigenvalue weighted by Crippen LogP contribution is 2.28. The van der Waals surface area contributed by atoms with Gasteiger partial charge in [-0.1, -0.05) is 0 Å². The van der Waals surface area contributed by atoms with Crippen LogP contribution in [0, 0.1) is 11.6 Å². The SMILES string of the molecule is O=C1CC[C@H](N2C(=O)c3cc(F)c(F)cc3C2=O)C(=O)N1. The molecule has 0 aromatic heterocycles. The highest BCUT2D eigenvalue weighted by Gasteiger charge is 2.45. The number of nitrogens with one attached hydrogen (secondary N) is 1. The van der Waals surface area contributed by atoms with Crippen LogP contribution in [0.15, 0.2) is 12.1 Å². The van der Waals surface area contributed by atoms with Crippen LogP contribution in [0.2, 0.25) is 0 Å². The van der Waals surface area contributed by atoms with E-state index in [9.17, 15) is 28.0 Å². The number of benzene rings is 1. The van der Waals surface area contributed by atoms with Gasteiger partial charge in [-0.25, -0.2) is 8.78 Å². The lowest BCUT2D eigenvalue weighted by Gasteiger charge is -2.27. The highest BCUT2D eigenvalue weighted by atomic mass is 19.2. The molecule has 6 nitrogen and oxygen atoms in total. The van der Waals surface area contributed by atoms with Crippen LogP contribution in [0.1, 0.15) is 33.6 Å². The van der Waals surface area contributed by atoms with Crippen molar-refractivity contribution >= 4 is 23.6 Å². The molecular weight excluding hydrogens is 286 g/mol. The highest BCUT2D eigenvalue weighted by molar-refractivity contribution is 6.23. The predicted octanol–water partition coefficient (Wildman–Crippen LogP) is 0.366. The lowest BCUT2D eigenvalue weighted by Crippen LogP contribution is -2.54. The van der Waals surface area contributed by atoms with Gasteiger partial charge in [0.15, 0.2) is 11.6 Å². The number of nitrogens with zero attached hydrogens (tertiary/aromatic N) is 1. The van der Waals surface area contributed by atoms with E-state index in [0.717, 1.165) is 0 Å². The summed E-state index contributed by atoms with van der Waals surface area (Å²) in [5.74, 6) is -5.52. The third-order valence-corrected chi connectivity index (χ3v) is 3.48. The number of piperidine rings is 1. The molecule has 1 N–H and O–H groups in total. The summed E-state index contributed by atoms with van der Waals surface area (Å²) in [6.07, 6.45) is -0.0341. The quantitative estimate of drug-likeness (QED) is 0.758. The molecule has 0 aliphatic carbocycles. The Labute approximate surface area is 116 Å². The lowest BCUT2D eigenvalue weighted by atomic mass is 10.0. The molecule has 3 rings (SSSR count). The van der Waals surface area contributed by atoms with Crippen molar-refractivity contribution in [2.24, 2.45) is 0 Å². The van der Waals surface area contributed by atoms with Crippen molar-refractivity contribution in [3.63, 3.8) is 0 Å². The summed E-state index contributed by atoms with van der Waals surface area (Å²) in [6, 6.07) is 0.120. The lowest BCUT2D eigenvalue weighted by molar-refractivity contribution is -0.136. The van der Waals surface area contributed by atoms with Gasteiger partial charge < -0.3 is 0 Å². The maximum atomic E-state index is 13.2. The number of halogens is 2. The molecule has 21 heavy (non-hydrogen) atoms. The second kappa shape index (κ2) is 4.44. The first-order valence-electron chi connectivity index (χ1n) is 6.11. The van der Waals surface area contributed by atoms with Gasteiger partial charge in [0.25, 0.3) is 11.8 Å². The Morgan fingerprint density at radius 1 is 1.00 bits per heavy atom. The first-order valence-corrected chi connectivity index (χ1v) is 6.11. The van der Waals surface area contributed by atoms with Gasteiger partial charge in [0.1, 0.15) is 6.04 Å². The van der Waals surface area contributed by atoms with Crippen LogP contribution in [0.3, 0.4) is 0 Å². The van der Waals surface area contributed by atoms with Crippen molar-refractivity contribution in [1.29, 1.82) is 0 Å². The number of imide groups is 2. The van der Waals surface area contributed by atoms with Crippen LogP contribution >= 0.6 is 0 Å². The molecule has 2 aliphatic heterocycles. The molecule has 1 aromatic carbocycles. The van der Waals surface area contributed by atoms with E-state index in [4.69, 9.17) is 0 Å². The summed E-state index contributed by atoms with van der Waals surface area (Å²) < 4.78 is 26.4. The van der Waals surface area contributed by atoms with Crippen LogP contribution in [-0.2, 0) is 9.59 Å². The maximum Gasteiger partial charge on any atom is 0.262 e. The normalized spacial score (nSPS) is 21.6. The maximum absolute atomic E-state index is 13.2. The fourth-order valence-electron chi connectivity index (χ4n) is 2.46. The van der Waals surface area contributed by atoms with Gasteiger partial charge in [0.05, 0.1) is 11.1 Å². The molecule has 2 aliphatic rings. The Morgan fingerprint density at radius 2 is 1.52 bits per heavy atom. The minimum Gasteiger partial charge on any atom is -0.295 e. The summed E-state index contributed by atoms with van der Waals surface area (Å²) in [5, 5.41) is 2.02. The molecule has 1 fully saturated rings. The monoisotopic (exact) mass is 294 g/mol. The summed E-state index contributed by atoms with van der Waals surface area (Å²) >= 11 is 0.